The molecule has 0 atom stereocenters. The van der Waals surface area contributed by atoms with E-state index in [1.807, 2.05) is 27.7 Å². The van der Waals surface area contributed by atoms with Gasteiger partial charge in [0.2, 0.25) is 0 Å². The Morgan fingerprint density at radius 2 is 1.81 bits per heavy atom. The van der Waals surface area contributed by atoms with Crippen LogP contribution in [0.4, 0.5) is 4.39 Å². The Morgan fingerprint density at radius 1 is 1.19 bits per heavy atom. The van der Waals surface area contributed by atoms with Crippen LogP contribution in [-0.2, 0) is 9.31 Å². The molecule has 1 aliphatic heterocycles. The summed E-state index contributed by atoms with van der Waals surface area (Å²) in [5.41, 5.74) is -0.510. The summed E-state index contributed by atoms with van der Waals surface area (Å²) in [5, 5.41) is 0. The molecule has 5 heteroatoms. The van der Waals surface area contributed by atoms with Gasteiger partial charge >= 0.3 is 7.12 Å². The van der Waals surface area contributed by atoms with Crippen LogP contribution in [0.15, 0.2) is 18.2 Å². The number of hydrogen-bond donors (Lipinski definition) is 0. The molecule has 21 heavy (non-hydrogen) atoms. The molecule has 1 heterocycles. The molecular weight excluding hydrogens is 270 g/mol. The smallest absolute Gasteiger partial charge is 0.493 e. The van der Waals surface area contributed by atoms with E-state index >= 15 is 0 Å². The number of hydrogen-bond acceptors (Lipinski definition) is 3. The highest BCUT2D eigenvalue weighted by Crippen LogP contribution is 2.36. The van der Waals surface area contributed by atoms with Crippen LogP contribution in [0.25, 0.3) is 0 Å². The lowest BCUT2D eigenvalue weighted by atomic mass is 9.78. The quantitative estimate of drug-likeness (QED) is 0.799. The Labute approximate surface area is 125 Å². The third-order valence-electron chi connectivity index (χ3n) is 4.66. The van der Waals surface area contributed by atoms with Crippen LogP contribution >= 0.6 is 0 Å². The van der Waals surface area contributed by atoms with Crippen LogP contribution in [0.3, 0.4) is 0 Å². The molecule has 1 aromatic rings. The Hall–Kier alpha value is -1.07. The summed E-state index contributed by atoms with van der Waals surface area (Å²) >= 11 is 0. The summed E-state index contributed by atoms with van der Waals surface area (Å²) in [6.45, 7) is 8.50. The average Bonchev–Trinajstić information content (AvgIpc) is 3.15. The second-order valence-corrected chi connectivity index (χ2v) is 7.03. The van der Waals surface area contributed by atoms with Gasteiger partial charge in [-0.3, -0.25) is 0 Å². The number of ether oxygens (including phenoxy) is 1. The van der Waals surface area contributed by atoms with Crippen LogP contribution in [0.1, 0.15) is 40.5 Å². The van der Waals surface area contributed by atoms with E-state index in [0.717, 1.165) is 0 Å². The van der Waals surface area contributed by atoms with Crippen molar-refractivity contribution in [2.75, 3.05) is 6.61 Å². The van der Waals surface area contributed by atoms with E-state index in [1.165, 1.54) is 18.9 Å². The molecule has 0 spiro atoms. The maximum absolute atomic E-state index is 14.3. The zero-order valence-corrected chi connectivity index (χ0v) is 13.1. The van der Waals surface area contributed by atoms with E-state index < -0.39 is 18.3 Å². The summed E-state index contributed by atoms with van der Waals surface area (Å²) in [6.07, 6.45) is 2.43. The van der Waals surface area contributed by atoms with E-state index in [2.05, 4.69) is 0 Å². The zero-order chi connectivity index (χ0) is 15.3. The molecule has 3 nitrogen and oxygen atoms in total. The van der Waals surface area contributed by atoms with Gasteiger partial charge in [0.15, 0.2) is 0 Å². The van der Waals surface area contributed by atoms with E-state index in [0.29, 0.717) is 23.7 Å². The lowest BCUT2D eigenvalue weighted by Crippen LogP contribution is -2.41. The van der Waals surface area contributed by atoms with Gasteiger partial charge in [-0.15, -0.1) is 0 Å². The summed E-state index contributed by atoms with van der Waals surface area (Å²) in [4.78, 5) is 0. The van der Waals surface area contributed by atoms with Crippen molar-refractivity contribution in [1.29, 1.82) is 0 Å². The van der Waals surface area contributed by atoms with Crippen LogP contribution in [0, 0.1) is 11.7 Å². The maximum atomic E-state index is 14.3. The van der Waals surface area contributed by atoms with Gasteiger partial charge in [0.1, 0.15) is 11.6 Å². The van der Waals surface area contributed by atoms with Gasteiger partial charge in [0, 0.05) is 11.5 Å². The topological polar surface area (TPSA) is 27.7 Å². The van der Waals surface area contributed by atoms with Gasteiger partial charge in [-0.25, -0.2) is 4.39 Å². The Balaban J connectivity index is 1.74. The van der Waals surface area contributed by atoms with Crippen LogP contribution in [0.2, 0.25) is 0 Å². The fourth-order valence-electron chi connectivity index (χ4n) is 2.26. The van der Waals surface area contributed by atoms with E-state index in [1.54, 1.807) is 12.1 Å². The molecule has 0 N–H and O–H groups in total. The highest BCUT2D eigenvalue weighted by atomic mass is 19.1. The SMILES string of the molecule is CC1(C)OB(c2ccc(OCC3CC3)cc2F)OC1(C)C. The van der Waals surface area contributed by atoms with Gasteiger partial charge in [0.05, 0.1) is 17.8 Å². The average molecular weight is 292 g/mol. The first-order valence-electron chi connectivity index (χ1n) is 7.56. The van der Waals surface area contributed by atoms with Crippen LogP contribution in [-0.4, -0.2) is 24.9 Å². The third-order valence-corrected chi connectivity index (χ3v) is 4.66. The first-order valence-corrected chi connectivity index (χ1v) is 7.56. The van der Waals surface area contributed by atoms with Crippen LogP contribution < -0.4 is 10.2 Å². The predicted molar refractivity (Wildman–Crippen MR) is 80.3 cm³/mol. The second kappa shape index (κ2) is 4.99. The van der Waals surface area contributed by atoms with Crippen molar-refractivity contribution >= 4 is 12.6 Å². The number of rotatable bonds is 4. The molecule has 114 valence electrons. The Bertz CT molecular complexity index is 524. The monoisotopic (exact) mass is 292 g/mol. The van der Waals surface area contributed by atoms with Crippen molar-refractivity contribution in [2.45, 2.75) is 51.7 Å². The minimum absolute atomic E-state index is 0.346. The molecule has 1 aromatic carbocycles. The molecule has 0 unspecified atom stereocenters. The molecule has 0 amide bonds. The highest BCUT2D eigenvalue weighted by molar-refractivity contribution is 6.62. The highest BCUT2D eigenvalue weighted by Gasteiger charge is 2.52. The zero-order valence-electron chi connectivity index (χ0n) is 13.1. The Morgan fingerprint density at radius 3 is 2.33 bits per heavy atom. The molecule has 0 bridgehead atoms. The van der Waals surface area contributed by atoms with Gasteiger partial charge in [-0.05, 0) is 52.5 Å². The molecule has 3 rings (SSSR count). The largest absolute Gasteiger partial charge is 0.497 e. The molecule has 2 fully saturated rings. The van der Waals surface area contributed by atoms with Crippen molar-refractivity contribution in [3.05, 3.63) is 24.0 Å². The van der Waals surface area contributed by atoms with Crippen molar-refractivity contribution in [3.8, 4) is 5.75 Å². The van der Waals surface area contributed by atoms with E-state index in [4.69, 9.17) is 14.0 Å². The Kier molecular flexibility index (Phi) is 3.53. The summed E-state index contributed by atoms with van der Waals surface area (Å²) in [6, 6.07) is 4.90. The molecule has 1 saturated heterocycles. The van der Waals surface area contributed by atoms with Crippen molar-refractivity contribution < 1.29 is 18.4 Å². The van der Waals surface area contributed by atoms with Crippen molar-refractivity contribution in [2.24, 2.45) is 5.92 Å². The lowest BCUT2D eigenvalue weighted by molar-refractivity contribution is 0.00578. The van der Waals surface area contributed by atoms with E-state index in [9.17, 15) is 4.39 Å². The first-order chi connectivity index (χ1) is 9.78. The molecule has 1 saturated carbocycles. The summed E-state index contributed by atoms with van der Waals surface area (Å²) in [7, 11) is -0.674. The fraction of sp³-hybridized carbons (Fsp3) is 0.625. The molecule has 2 aliphatic rings. The standard InChI is InChI=1S/C16H22BFO3/c1-15(2)16(3,4)21-17(20-15)13-8-7-12(9-14(13)18)19-10-11-5-6-11/h7-9,11H,5-6,10H2,1-4H3. The fourth-order valence-corrected chi connectivity index (χ4v) is 2.26. The molecule has 1 aliphatic carbocycles. The normalized spacial score (nSPS) is 23.4. The van der Waals surface area contributed by atoms with Crippen molar-refractivity contribution in [1.82, 2.24) is 0 Å². The van der Waals surface area contributed by atoms with Gasteiger partial charge in [-0.1, -0.05) is 6.07 Å². The lowest BCUT2D eigenvalue weighted by Gasteiger charge is -2.32. The molecule has 0 aromatic heterocycles. The summed E-state index contributed by atoms with van der Waals surface area (Å²) < 4.78 is 31.6. The van der Waals surface area contributed by atoms with Crippen LogP contribution in [0.5, 0.6) is 5.75 Å². The molecule has 0 radical (unpaired) electrons. The van der Waals surface area contributed by atoms with Gasteiger partial charge < -0.3 is 14.0 Å². The minimum atomic E-state index is -0.674. The predicted octanol–water partition coefficient (Wildman–Crippen LogP) is 2.91. The molecular formula is C16H22BFO3. The van der Waals surface area contributed by atoms with Gasteiger partial charge in [-0.2, -0.15) is 0 Å². The first kappa shape index (κ1) is 14.9. The maximum Gasteiger partial charge on any atom is 0.497 e. The summed E-state index contributed by atoms with van der Waals surface area (Å²) in [5.74, 6) is 0.872. The second-order valence-electron chi connectivity index (χ2n) is 7.03. The van der Waals surface area contributed by atoms with Crippen molar-refractivity contribution in [3.63, 3.8) is 0 Å². The van der Waals surface area contributed by atoms with E-state index in [-0.39, 0.29) is 5.82 Å². The minimum Gasteiger partial charge on any atom is -0.493 e. The third kappa shape index (κ3) is 2.95. The van der Waals surface area contributed by atoms with Gasteiger partial charge in [0.25, 0.3) is 0 Å². The number of benzene rings is 1. The number of halogens is 1.